The van der Waals surface area contributed by atoms with Crippen LogP contribution < -0.4 is 0 Å². The third kappa shape index (κ3) is 6.92. The Morgan fingerprint density at radius 1 is 0.240 bits per heavy atom. The third-order valence-electron chi connectivity index (χ3n) is 14.9. The summed E-state index contributed by atoms with van der Waals surface area (Å²) in [5.74, 6) is 1.72. The molecule has 6 heteroatoms. The van der Waals surface area contributed by atoms with Gasteiger partial charge < -0.3 is 9.13 Å². The molecule has 0 bridgehead atoms. The van der Waals surface area contributed by atoms with Gasteiger partial charge in [0.15, 0.2) is 11.6 Å². The summed E-state index contributed by atoms with van der Waals surface area (Å²) >= 11 is 0. The first-order chi connectivity index (χ1) is 37.2. The van der Waals surface area contributed by atoms with E-state index in [-0.39, 0.29) is 0 Å². The molecular weight excluding hydrogens is 913 g/mol. The predicted molar refractivity (Wildman–Crippen MR) is 310 cm³/mol. The second-order valence-electron chi connectivity index (χ2n) is 19.2. The summed E-state index contributed by atoms with van der Waals surface area (Å²) in [6, 6.07) is 95.2. The van der Waals surface area contributed by atoms with E-state index in [1.807, 2.05) is 18.2 Å². The second-order valence-corrected chi connectivity index (χ2v) is 19.2. The Labute approximate surface area is 432 Å². The van der Waals surface area contributed by atoms with Crippen molar-refractivity contribution in [3.05, 3.63) is 267 Å². The molecule has 15 rings (SSSR count). The highest BCUT2D eigenvalue weighted by atomic mass is 15.2. The van der Waals surface area contributed by atoms with Gasteiger partial charge in [-0.05, 0) is 75.8 Å². The summed E-state index contributed by atoms with van der Waals surface area (Å²) in [6.45, 7) is 0. The number of nitrogens with zero attached hydrogens (tertiary/aromatic N) is 6. The highest BCUT2D eigenvalue weighted by Gasteiger charge is 2.27. The van der Waals surface area contributed by atoms with E-state index >= 15 is 0 Å². The minimum atomic E-state index is 0.535. The van der Waals surface area contributed by atoms with Crippen molar-refractivity contribution < 1.29 is 0 Å². The van der Waals surface area contributed by atoms with Gasteiger partial charge >= 0.3 is 0 Å². The van der Waals surface area contributed by atoms with E-state index in [1.54, 1.807) is 0 Å². The zero-order valence-corrected chi connectivity index (χ0v) is 40.6. The SMILES string of the molecule is c1ccc(-c2ccc(-c3ccc(-c4nc(-c5ccccc5)nc(-n5c6ccccc6c6cc(-n7c8ccccc8c8ccccc87)c7c8ccccc8n(-c8ccc(-c9ccccc9)cc8)c7c65)n4)cc3)cc2)cc1. The predicted octanol–water partition coefficient (Wildman–Crippen LogP) is 17.5. The quantitative estimate of drug-likeness (QED) is 0.152. The smallest absolute Gasteiger partial charge is 0.238 e. The normalized spacial score (nSPS) is 11.7. The molecule has 350 valence electrons. The van der Waals surface area contributed by atoms with Crippen molar-refractivity contribution in [2.75, 3.05) is 0 Å². The van der Waals surface area contributed by atoms with Crippen LogP contribution >= 0.6 is 0 Å². The first kappa shape index (κ1) is 42.5. The maximum absolute atomic E-state index is 5.51. The average molecular weight is 957 g/mol. The van der Waals surface area contributed by atoms with E-state index in [4.69, 9.17) is 15.0 Å². The van der Waals surface area contributed by atoms with Gasteiger partial charge in [-0.25, -0.2) is 4.98 Å². The van der Waals surface area contributed by atoms with E-state index in [2.05, 4.69) is 262 Å². The number of rotatable bonds is 8. The molecule has 0 aliphatic heterocycles. The molecule has 0 aliphatic carbocycles. The van der Waals surface area contributed by atoms with Gasteiger partial charge in [0, 0.05) is 49.1 Å². The first-order valence-electron chi connectivity index (χ1n) is 25.4. The van der Waals surface area contributed by atoms with Crippen molar-refractivity contribution in [2.24, 2.45) is 0 Å². The van der Waals surface area contributed by atoms with Crippen molar-refractivity contribution in [2.45, 2.75) is 0 Å². The average Bonchev–Trinajstić information content (AvgIpc) is 4.20. The number of hydrogen-bond acceptors (Lipinski definition) is 3. The number of benzene rings is 11. The Bertz CT molecular complexity index is 4600. The maximum atomic E-state index is 5.51. The molecule has 0 radical (unpaired) electrons. The first-order valence-corrected chi connectivity index (χ1v) is 25.4. The Morgan fingerprint density at radius 2 is 0.587 bits per heavy atom. The van der Waals surface area contributed by atoms with Crippen LogP contribution in [0.15, 0.2) is 267 Å². The fourth-order valence-electron chi connectivity index (χ4n) is 11.5. The molecule has 0 spiro atoms. The summed E-state index contributed by atoms with van der Waals surface area (Å²) in [5.41, 5.74) is 17.4. The second kappa shape index (κ2) is 17.3. The fraction of sp³-hybridized carbons (Fsp3) is 0. The standard InChI is InChI=1S/C69H44N6/c1-4-18-45(19-5-1)47-32-34-48(35-33-47)49-36-38-52(39-37-49)68-70-67(51-22-8-3-9-23-51)71-69(72-68)75-61-30-16-12-26-56(61)58-44-63(74-59-28-14-10-24-54(59)55-25-11-15-29-60(55)74)64-57-27-13-17-31-62(57)73(66(64)65(58)75)53-42-40-50(41-43-53)46-20-6-2-7-21-46/h1-44H. The topological polar surface area (TPSA) is 53.5 Å². The molecule has 6 nitrogen and oxygen atoms in total. The largest absolute Gasteiger partial charge is 0.309 e. The van der Waals surface area contributed by atoms with Gasteiger partial charge in [-0.15, -0.1) is 0 Å². The molecule has 0 atom stereocenters. The van der Waals surface area contributed by atoms with E-state index in [1.165, 1.54) is 27.5 Å². The molecule has 0 N–H and O–H groups in total. The monoisotopic (exact) mass is 956 g/mol. The Kier molecular flexibility index (Phi) is 9.78. The highest BCUT2D eigenvalue weighted by molar-refractivity contribution is 6.27. The van der Waals surface area contributed by atoms with Crippen molar-refractivity contribution in [1.29, 1.82) is 0 Å². The van der Waals surface area contributed by atoms with Crippen molar-refractivity contribution in [1.82, 2.24) is 28.7 Å². The lowest BCUT2D eigenvalue weighted by molar-refractivity contribution is 0.953. The van der Waals surface area contributed by atoms with Crippen LogP contribution in [-0.4, -0.2) is 28.7 Å². The molecule has 0 aliphatic rings. The van der Waals surface area contributed by atoms with Crippen LogP contribution in [-0.2, 0) is 0 Å². The van der Waals surface area contributed by atoms with Crippen LogP contribution in [0.3, 0.4) is 0 Å². The molecule has 75 heavy (non-hydrogen) atoms. The molecule has 4 heterocycles. The molecule has 0 saturated heterocycles. The van der Waals surface area contributed by atoms with Crippen LogP contribution in [0.25, 0.3) is 139 Å². The van der Waals surface area contributed by atoms with Gasteiger partial charge in [0.25, 0.3) is 0 Å². The van der Waals surface area contributed by atoms with Crippen LogP contribution in [0.1, 0.15) is 0 Å². The summed E-state index contributed by atoms with van der Waals surface area (Å²) in [5, 5.41) is 6.88. The molecular formula is C69H44N6. The van der Waals surface area contributed by atoms with Crippen molar-refractivity contribution in [3.63, 3.8) is 0 Å². The van der Waals surface area contributed by atoms with E-state index in [0.29, 0.717) is 17.6 Å². The fourth-order valence-corrected chi connectivity index (χ4v) is 11.5. The summed E-state index contributed by atoms with van der Waals surface area (Å²) in [4.78, 5) is 16.2. The molecule has 15 aromatic rings. The minimum Gasteiger partial charge on any atom is -0.309 e. The van der Waals surface area contributed by atoms with E-state index < -0.39 is 0 Å². The minimum absolute atomic E-state index is 0.535. The van der Waals surface area contributed by atoms with Crippen LogP contribution in [0, 0.1) is 0 Å². The lowest BCUT2D eigenvalue weighted by Crippen LogP contribution is -2.07. The number of hydrogen-bond donors (Lipinski definition) is 0. The zero-order valence-electron chi connectivity index (χ0n) is 40.6. The Morgan fingerprint density at radius 3 is 1.08 bits per heavy atom. The van der Waals surface area contributed by atoms with Crippen molar-refractivity contribution >= 4 is 65.4 Å². The van der Waals surface area contributed by atoms with Gasteiger partial charge in [-0.2, -0.15) is 9.97 Å². The molecule has 0 unspecified atom stereocenters. The molecule has 4 aromatic heterocycles. The van der Waals surface area contributed by atoms with Crippen LogP contribution in [0.4, 0.5) is 0 Å². The van der Waals surface area contributed by atoms with Gasteiger partial charge in [-0.3, -0.25) is 4.57 Å². The zero-order chi connectivity index (χ0) is 49.4. The highest BCUT2D eigenvalue weighted by Crippen LogP contribution is 2.46. The van der Waals surface area contributed by atoms with Gasteiger partial charge in [-0.1, -0.05) is 224 Å². The number of fused-ring (bicyclic) bond motifs is 10. The van der Waals surface area contributed by atoms with Crippen LogP contribution in [0.2, 0.25) is 0 Å². The molecule has 0 amide bonds. The lowest BCUT2D eigenvalue weighted by atomic mass is 9.99. The van der Waals surface area contributed by atoms with Gasteiger partial charge in [0.1, 0.15) is 0 Å². The van der Waals surface area contributed by atoms with Gasteiger partial charge in [0.2, 0.25) is 5.95 Å². The Balaban J connectivity index is 1.02. The third-order valence-corrected chi connectivity index (χ3v) is 14.9. The maximum Gasteiger partial charge on any atom is 0.238 e. The summed E-state index contributed by atoms with van der Waals surface area (Å²) < 4.78 is 7.22. The molecule has 0 saturated carbocycles. The number of para-hydroxylation sites is 4. The number of aromatic nitrogens is 6. The molecule has 11 aromatic carbocycles. The van der Waals surface area contributed by atoms with Crippen LogP contribution in [0.5, 0.6) is 0 Å². The Hall–Kier alpha value is -10.2. The summed E-state index contributed by atoms with van der Waals surface area (Å²) in [7, 11) is 0. The lowest BCUT2D eigenvalue weighted by Gasteiger charge is -2.16. The van der Waals surface area contributed by atoms with E-state index in [9.17, 15) is 0 Å². The summed E-state index contributed by atoms with van der Waals surface area (Å²) in [6.07, 6.45) is 0. The molecule has 0 fully saturated rings. The van der Waals surface area contributed by atoms with E-state index in [0.717, 1.165) is 93.8 Å². The van der Waals surface area contributed by atoms with Crippen molar-refractivity contribution in [3.8, 4) is 73.5 Å². The van der Waals surface area contributed by atoms with Gasteiger partial charge in [0.05, 0.1) is 38.8 Å².